The fourth-order valence-electron chi connectivity index (χ4n) is 4.01. The second-order valence-corrected chi connectivity index (χ2v) is 8.95. The molecular weight excluding hydrogens is 447 g/mol. The molecule has 0 saturated carbocycles. The number of hydrogen-bond donors (Lipinski definition) is 2. The van der Waals surface area contributed by atoms with E-state index in [0.717, 1.165) is 5.69 Å². The molecule has 0 spiro atoms. The lowest BCUT2D eigenvalue weighted by molar-refractivity contribution is -0.130. The standard InChI is InChI=1S/C27H27FN4O3/c1-27(2,30-24(33)18-10-6-4-7-11-18)26(35)29-21-17-32(20-12-8-5-9-13-20)22-15-14-19(28)16-23(22)31(3)25(21)34/h4-16,21H,17H2,1-3H3,(H,29,35)(H,30,33)/t21-/m1/s1. The van der Waals surface area contributed by atoms with Crippen molar-refractivity contribution in [1.82, 2.24) is 10.6 Å². The third-order valence-electron chi connectivity index (χ3n) is 5.99. The molecule has 1 atom stereocenters. The van der Waals surface area contributed by atoms with Crippen molar-refractivity contribution >= 4 is 34.8 Å². The topological polar surface area (TPSA) is 81.8 Å². The zero-order valence-corrected chi connectivity index (χ0v) is 19.8. The van der Waals surface area contributed by atoms with Gasteiger partial charge in [0.15, 0.2) is 0 Å². The fraction of sp³-hybridized carbons (Fsp3) is 0.222. The Morgan fingerprint density at radius 3 is 2.23 bits per heavy atom. The van der Waals surface area contributed by atoms with Gasteiger partial charge in [0.1, 0.15) is 17.4 Å². The van der Waals surface area contributed by atoms with Crippen LogP contribution in [0.15, 0.2) is 78.9 Å². The van der Waals surface area contributed by atoms with Crippen LogP contribution in [-0.2, 0) is 9.59 Å². The number of halogens is 1. The van der Waals surface area contributed by atoms with E-state index in [9.17, 15) is 18.8 Å². The highest BCUT2D eigenvalue weighted by molar-refractivity contribution is 6.05. The first-order valence-corrected chi connectivity index (χ1v) is 11.3. The monoisotopic (exact) mass is 474 g/mol. The van der Waals surface area contributed by atoms with Crippen molar-refractivity contribution in [3.05, 3.63) is 90.2 Å². The fourth-order valence-corrected chi connectivity index (χ4v) is 4.01. The van der Waals surface area contributed by atoms with E-state index in [-0.39, 0.29) is 6.54 Å². The van der Waals surface area contributed by atoms with E-state index in [4.69, 9.17) is 0 Å². The number of amides is 3. The molecule has 7 nitrogen and oxygen atoms in total. The Bertz CT molecular complexity index is 1250. The summed E-state index contributed by atoms with van der Waals surface area (Å²) in [5.74, 6) is -1.78. The number of benzene rings is 3. The first-order chi connectivity index (χ1) is 16.7. The van der Waals surface area contributed by atoms with Crippen molar-refractivity contribution in [3.63, 3.8) is 0 Å². The normalized spacial score (nSPS) is 15.8. The molecule has 2 N–H and O–H groups in total. The van der Waals surface area contributed by atoms with Gasteiger partial charge in [0.2, 0.25) is 5.91 Å². The van der Waals surface area contributed by atoms with E-state index in [1.165, 1.54) is 17.0 Å². The Kier molecular flexibility index (Phi) is 6.55. The van der Waals surface area contributed by atoms with Gasteiger partial charge in [0.25, 0.3) is 11.8 Å². The average molecular weight is 475 g/mol. The quantitative estimate of drug-likeness (QED) is 0.592. The zero-order valence-electron chi connectivity index (χ0n) is 19.8. The van der Waals surface area contributed by atoms with Crippen LogP contribution in [0.3, 0.4) is 0 Å². The number of carbonyl (C=O) groups excluding carboxylic acids is 3. The van der Waals surface area contributed by atoms with E-state index < -0.39 is 35.1 Å². The van der Waals surface area contributed by atoms with E-state index >= 15 is 0 Å². The molecule has 0 saturated heterocycles. The lowest BCUT2D eigenvalue weighted by atomic mass is 10.0. The molecule has 0 unspecified atom stereocenters. The highest BCUT2D eigenvalue weighted by Crippen LogP contribution is 2.37. The number of hydrogen-bond acceptors (Lipinski definition) is 4. The molecule has 0 fully saturated rings. The van der Waals surface area contributed by atoms with Gasteiger partial charge in [-0.2, -0.15) is 0 Å². The van der Waals surface area contributed by atoms with Crippen LogP contribution in [0.2, 0.25) is 0 Å². The number of nitrogens with zero attached hydrogens (tertiary/aromatic N) is 2. The first-order valence-electron chi connectivity index (χ1n) is 11.3. The van der Waals surface area contributed by atoms with Crippen molar-refractivity contribution in [1.29, 1.82) is 0 Å². The van der Waals surface area contributed by atoms with Crippen molar-refractivity contribution in [3.8, 4) is 0 Å². The second-order valence-electron chi connectivity index (χ2n) is 8.95. The summed E-state index contributed by atoms with van der Waals surface area (Å²) < 4.78 is 14.1. The molecule has 1 aliphatic heterocycles. The van der Waals surface area contributed by atoms with Crippen molar-refractivity contribution < 1.29 is 18.8 Å². The first kappa shape index (κ1) is 23.9. The summed E-state index contributed by atoms with van der Waals surface area (Å²) in [6.07, 6.45) is 0. The highest BCUT2D eigenvalue weighted by atomic mass is 19.1. The maximum atomic E-state index is 14.1. The highest BCUT2D eigenvalue weighted by Gasteiger charge is 2.37. The van der Waals surface area contributed by atoms with Crippen molar-refractivity contribution in [2.45, 2.75) is 25.4 Å². The van der Waals surface area contributed by atoms with E-state index in [0.29, 0.717) is 16.9 Å². The van der Waals surface area contributed by atoms with Gasteiger partial charge in [-0.15, -0.1) is 0 Å². The van der Waals surface area contributed by atoms with Crippen LogP contribution < -0.4 is 20.4 Å². The van der Waals surface area contributed by atoms with Crippen LogP contribution in [0.4, 0.5) is 21.5 Å². The number of nitrogens with one attached hydrogen (secondary N) is 2. The minimum atomic E-state index is -1.30. The summed E-state index contributed by atoms with van der Waals surface area (Å²) in [5.41, 5.74) is 0.953. The number of rotatable bonds is 5. The summed E-state index contributed by atoms with van der Waals surface area (Å²) in [7, 11) is 1.55. The summed E-state index contributed by atoms with van der Waals surface area (Å²) in [4.78, 5) is 42.5. The van der Waals surface area contributed by atoms with Gasteiger partial charge in [-0.05, 0) is 56.3 Å². The maximum absolute atomic E-state index is 14.1. The average Bonchev–Trinajstić information content (AvgIpc) is 2.95. The molecule has 8 heteroatoms. The van der Waals surface area contributed by atoms with Gasteiger partial charge in [-0.3, -0.25) is 14.4 Å². The van der Waals surface area contributed by atoms with E-state index in [1.807, 2.05) is 35.2 Å². The predicted molar refractivity (Wildman–Crippen MR) is 133 cm³/mol. The maximum Gasteiger partial charge on any atom is 0.252 e. The van der Waals surface area contributed by atoms with Crippen LogP contribution in [0.5, 0.6) is 0 Å². The largest absolute Gasteiger partial charge is 0.341 e. The van der Waals surface area contributed by atoms with Gasteiger partial charge in [0.05, 0.1) is 17.9 Å². The van der Waals surface area contributed by atoms with Gasteiger partial charge in [-0.1, -0.05) is 36.4 Å². The molecule has 0 radical (unpaired) electrons. The summed E-state index contributed by atoms with van der Waals surface area (Å²) in [5, 5.41) is 5.54. The molecule has 0 aliphatic carbocycles. The van der Waals surface area contributed by atoms with Gasteiger partial charge >= 0.3 is 0 Å². The number of para-hydroxylation sites is 1. The summed E-state index contributed by atoms with van der Waals surface area (Å²) in [6, 6.07) is 21.3. The summed E-state index contributed by atoms with van der Waals surface area (Å²) >= 11 is 0. The Morgan fingerprint density at radius 1 is 0.943 bits per heavy atom. The number of carbonyl (C=O) groups is 3. The Balaban J connectivity index is 1.61. The van der Waals surface area contributed by atoms with Crippen molar-refractivity contribution in [2.75, 3.05) is 23.4 Å². The van der Waals surface area contributed by atoms with E-state index in [1.54, 1.807) is 57.3 Å². The molecule has 35 heavy (non-hydrogen) atoms. The third-order valence-corrected chi connectivity index (χ3v) is 5.99. The third kappa shape index (κ3) is 5.01. The lowest BCUT2D eigenvalue weighted by Gasteiger charge is -2.30. The molecule has 0 aromatic heterocycles. The molecular formula is C27H27FN4O3. The second kappa shape index (κ2) is 9.58. The van der Waals surface area contributed by atoms with Crippen LogP contribution in [0, 0.1) is 5.82 Å². The van der Waals surface area contributed by atoms with Crippen LogP contribution >= 0.6 is 0 Å². The molecule has 1 aliphatic rings. The smallest absolute Gasteiger partial charge is 0.252 e. The summed E-state index contributed by atoms with van der Waals surface area (Å²) in [6.45, 7) is 3.28. The van der Waals surface area contributed by atoms with Gasteiger partial charge in [-0.25, -0.2) is 4.39 Å². The van der Waals surface area contributed by atoms with Crippen LogP contribution in [0.1, 0.15) is 24.2 Å². The molecule has 3 aromatic carbocycles. The number of anilines is 3. The molecule has 3 aromatic rings. The Morgan fingerprint density at radius 2 is 1.57 bits per heavy atom. The Hall–Kier alpha value is -4.20. The number of fused-ring (bicyclic) bond motifs is 1. The minimum Gasteiger partial charge on any atom is -0.341 e. The minimum absolute atomic E-state index is 0.125. The van der Waals surface area contributed by atoms with Crippen LogP contribution in [0.25, 0.3) is 0 Å². The van der Waals surface area contributed by atoms with Crippen LogP contribution in [-0.4, -0.2) is 42.9 Å². The molecule has 4 rings (SSSR count). The van der Waals surface area contributed by atoms with Gasteiger partial charge < -0.3 is 20.4 Å². The van der Waals surface area contributed by atoms with Crippen molar-refractivity contribution in [2.24, 2.45) is 0 Å². The molecule has 0 bridgehead atoms. The molecule has 3 amide bonds. The number of likely N-dealkylation sites (N-methyl/N-ethyl adjacent to an activating group) is 1. The molecule has 1 heterocycles. The van der Waals surface area contributed by atoms with Gasteiger partial charge in [0, 0.05) is 18.3 Å². The predicted octanol–water partition coefficient (Wildman–Crippen LogP) is 3.63. The molecule has 180 valence electrons. The SMILES string of the molecule is CN1C(=O)[C@H](NC(=O)C(C)(C)NC(=O)c2ccccc2)CN(c2ccccc2)c2ccc(F)cc21. The zero-order chi connectivity index (χ0) is 25.2. The lowest BCUT2D eigenvalue weighted by Crippen LogP contribution is -2.60. The Labute approximate surface area is 203 Å². The van der Waals surface area contributed by atoms with E-state index in [2.05, 4.69) is 10.6 Å².